The summed E-state index contributed by atoms with van der Waals surface area (Å²) < 4.78 is 10.5. The number of benzene rings is 1. The summed E-state index contributed by atoms with van der Waals surface area (Å²) in [5.74, 6) is 0. The molecular weight excluding hydrogens is 178 g/mol. The van der Waals surface area contributed by atoms with Gasteiger partial charge in [-0.3, -0.25) is 0 Å². The maximum Gasteiger partial charge on any atom is 0.156 e. The minimum absolute atomic E-state index is 0.0626. The summed E-state index contributed by atoms with van der Waals surface area (Å²) in [5.41, 5.74) is 1.04. The number of para-hydroxylation sites is 1. The maximum absolute atomic E-state index is 5.47. The molecule has 1 aromatic carbocycles. The van der Waals surface area contributed by atoms with E-state index in [9.17, 15) is 0 Å². The largest absolute Gasteiger partial charge is 0.360 e. The van der Waals surface area contributed by atoms with Gasteiger partial charge in [-0.25, -0.2) is 0 Å². The smallest absolute Gasteiger partial charge is 0.156 e. The van der Waals surface area contributed by atoms with E-state index in [-0.39, 0.29) is 12.5 Å². The second-order valence-corrected chi connectivity index (χ2v) is 3.09. The van der Waals surface area contributed by atoms with Gasteiger partial charge in [0.2, 0.25) is 0 Å². The lowest BCUT2D eigenvalue weighted by Crippen LogP contribution is -2.25. The van der Waals surface area contributed by atoms with Gasteiger partial charge in [-0.2, -0.15) is 0 Å². The van der Waals surface area contributed by atoms with Crippen molar-refractivity contribution in [2.45, 2.75) is 26.4 Å². The minimum Gasteiger partial charge on any atom is -0.360 e. The van der Waals surface area contributed by atoms with Gasteiger partial charge in [-0.1, -0.05) is 18.2 Å². The Kier molecular flexibility index (Phi) is 4.43. The summed E-state index contributed by atoms with van der Waals surface area (Å²) in [5, 5.41) is 3.20. The normalized spacial score (nSPS) is 14.8. The second kappa shape index (κ2) is 5.62. The molecule has 0 aromatic heterocycles. The molecule has 1 rings (SSSR count). The van der Waals surface area contributed by atoms with Crippen molar-refractivity contribution in [3.05, 3.63) is 30.3 Å². The maximum atomic E-state index is 5.47. The molecular formula is C11H17NO2. The highest BCUT2D eigenvalue weighted by molar-refractivity contribution is 5.42. The number of methoxy groups -OCH3 is 1. The molecule has 0 bridgehead atoms. The Morgan fingerprint density at radius 1 is 1.14 bits per heavy atom. The van der Waals surface area contributed by atoms with Gasteiger partial charge in [0.15, 0.2) is 6.29 Å². The van der Waals surface area contributed by atoms with Crippen molar-refractivity contribution in [2.75, 3.05) is 12.4 Å². The highest BCUT2D eigenvalue weighted by Crippen LogP contribution is 2.08. The van der Waals surface area contributed by atoms with E-state index in [1.54, 1.807) is 7.11 Å². The summed E-state index contributed by atoms with van der Waals surface area (Å²) in [6.45, 7) is 3.81. The van der Waals surface area contributed by atoms with Crippen LogP contribution in [0.2, 0.25) is 0 Å². The minimum atomic E-state index is -0.193. The Hall–Kier alpha value is -1.06. The number of hydrogen-bond donors (Lipinski definition) is 1. The molecule has 1 aromatic rings. The number of ether oxygens (including phenoxy) is 2. The van der Waals surface area contributed by atoms with Crippen LogP contribution in [-0.4, -0.2) is 19.6 Å². The van der Waals surface area contributed by atoms with Gasteiger partial charge in [0.1, 0.15) is 6.23 Å². The first-order chi connectivity index (χ1) is 6.72. The fourth-order valence-corrected chi connectivity index (χ4v) is 1.15. The zero-order valence-electron chi connectivity index (χ0n) is 8.86. The number of hydrogen-bond acceptors (Lipinski definition) is 3. The van der Waals surface area contributed by atoms with Crippen molar-refractivity contribution in [1.82, 2.24) is 0 Å². The average molecular weight is 195 g/mol. The molecule has 2 unspecified atom stereocenters. The number of rotatable bonds is 5. The molecule has 0 aliphatic rings. The highest BCUT2D eigenvalue weighted by atomic mass is 16.7. The van der Waals surface area contributed by atoms with Crippen LogP contribution < -0.4 is 5.32 Å². The topological polar surface area (TPSA) is 30.5 Å². The lowest BCUT2D eigenvalue weighted by Gasteiger charge is -2.19. The van der Waals surface area contributed by atoms with Crippen LogP contribution in [0, 0.1) is 0 Å². The fourth-order valence-electron chi connectivity index (χ4n) is 1.15. The van der Waals surface area contributed by atoms with Crippen molar-refractivity contribution in [3.8, 4) is 0 Å². The molecule has 0 saturated carbocycles. The molecule has 0 heterocycles. The molecule has 3 nitrogen and oxygen atoms in total. The first-order valence-electron chi connectivity index (χ1n) is 4.72. The number of anilines is 1. The van der Waals surface area contributed by atoms with E-state index in [1.165, 1.54) is 0 Å². The van der Waals surface area contributed by atoms with Gasteiger partial charge in [0, 0.05) is 12.8 Å². The molecule has 0 radical (unpaired) electrons. The SMILES string of the molecule is COC(C)OC(C)Nc1ccccc1. The van der Waals surface area contributed by atoms with Crippen LogP contribution in [0.3, 0.4) is 0 Å². The predicted octanol–water partition coefficient (Wildman–Crippen LogP) is 2.45. The van der Waals surface area contributed by atoms with Crippen LogP contribution in [0.1, 0.15) is 13.8 Å². The fraction of sp³-hybridized carbons (Fsp3) is 0.455. The van der Waals surface area contributed by atoms with Crippen LogP contribution in [0.5, 0.6) is 0 Å². The van der Waals surface area contributed by atoms with E-state index in [1.807, 2.05) is 44.2 Å². The Morgan fingerprint density at radius 2 is 1.79 bits per heavy atom. The second-order valence-electron chi connectivity index (χ2n) is 3.09. The van der Waals surface area contributed by atoms with Crippen LogP contribution in [0.4, 0.5) is 5.69 Å². The van der Waals surface area contributed by atoms with Gasteiger partial charge in [0.05, 0.1) is 0 Å². The van der Waals surface area contributed by atoms with Gasteiger partial charge < -0.3 is 14.8 Å². The molecule has 3 heteroatoms. The lowest BCUT2D eigenvalue weighted by molar-refractivity contribution is -0.131. The average Bonchev–Trinajstić information content (AvgIpc) is 2.19. The molecule has 14 heavy (non-hydrogen) atoms. The molecule has 0 amide bonds. The number of nitrogens with one attached hydrogen (secondary N) is 1. The summed E-state index contributed by atoms with van der Waals surface area (Å²) in [6.07, 6.45) is -0.256. The molecule has 0 spiro atoms. The van der Waals surface area contributed by atoms with E-state index in [2.05, 4.69) is 5.32 Å². The summed E-state index contributed by atoms with van der Waals surface area (Å²) >= 11 is 0. The van der Waals surface area contributed by atoms with Gasteiger partial charge in [-0.15, -0.1) is 0 Å². The zero-order chi connectivity index (χ0) is 10.4. The zero-order valence-corrected chi connectivity index (χ0v) is 8.86. The first kappa shape index (κ1) is 11.0. The standard InChI is InChI=1S/C11H17NO2/c1-9(14-10(2)13-3)12-11-7-5-4-6-8-11/h4-10,12H,1-3H3. The summed E-state index contributed by atoms with van der Waals surface area (Å²) in [6, 6.07) is 9.94. The van der Waals surface area contributed by atoms with Crippen molar-refractivity contribution >= 4 is 5.69 Å². The first-order valence-corrected chi connectivity index (χ1v) is 4.72. The van der Waals surface area contributed by atoms with Crippen molar-refractivity contribution in [3.63, 3.8) is 0 Å². The molecule has 0 saturated heterocycles. The summed E-state index contributed by atoms with van der Waals surface area (Å²) in [7, 11) is 1.62. The van der Waals surface area contributed by atoms with Crippen LogP contribution in [0.25, 0.3) is 0 Å². The monoisotopic (exact) mass is 195 g/mol. The van der Waals surface area contributed by atoms with Gasteiger partial charge >= 0.3 is 0 Å². The molecule has 0 aliphatic carbocycles. The van der Waals surface area contributed by atoms with E-state index < -0.39 is 0 Å². The van der Waals surface area contributed by atoms with E-state index in [0.717, 1.165) is 5.69 Å². The van der Waals surface area contributed by atoms with Crippen LogP contribution >= 0.6 is 0 Å². The van der Waals surface area contributed by atoms with Gasteiger partial charge in [-0.05, 0) is 26.0 Å². The van der Waals surface area contributed by atoms with Crippen molar-refractivity contribution in [1.29, 1.82) is 0 Å². The Labute approximate surface area is 85.0 Å². The molecule has 0 aliphatic heterocycles. The van der Waals surface area contributed by atoms with E-state index >= 15 is 0 Å². The molecule has 2 atom stereocenters. The van der Waals surface area contributed by atoms with E-state index in [0.29, 0.717) is 0 Å². The van der Waals surface area contributed by atoms with E-state index in [4.69, 9.17) is 9.47 Å². The third-order valence-electron chi connectivity index (χ3n) is 1.87. The third-order valence-corrected chi connectivity index (χ3v) is 1.87. The molecule has 0 fully saturated rings. The van der Waals surface area contributed by atoms with Crippen molar-refractivity contribution in [2.24, 2.45) is 0 Å². The van der Waals surface area contributed by atoms with Gasteiger partial charge in [0.25, 0.3) is 0 Å². The van der Waals surface area contributed by atoms with Crippen LogP contribution in [-0.2, 0) is 9.47 Å². The Balaban J connectivity index is 2.37. The quantitative estimate of drug-likeness (QED) is 0.732. The third kappa shape index (κ3) is 3.77. The Bertz CT molecular complexity index is 251. The lowest BCUT2D eigenvalue weighted by atomic mass is 10.3. The molecule has 78 valence electrons. The van der Waals surface area contributed by atoms with Crippen LogP contribution in [0.15, 0.2) is 30.3 Å². The Morgan fingerprint density at radius 3 is 2.36 bits per heavy atom. The summed E-state index contributed by atoms with van der Waals surface area (Å²) in [4.78, 5) is 0. The molecule has 1 N–H and O–H groups in total. The predicted molar refractivity (Wildman–Crippen MR) is 57.1 cm³/mol. The van der Waals surface area contributed by atoms with Crippen molar-refractivity contribution < 1.29 is 9.47 Å². The highest BCUT2D eigenvalue weighted by Gasteiger charge is 2.06.